The predicted octanol–water partition coefficient (Wildman–Crippen LogP) is 2.84. The number of fused-ring (bicyclic) bond motifs is 1. The fourth-order valence-electron chi connectivity index (χ4n) is 3.24. The minimum atomic E-state index is -0.418. The van der Waals surface area contributed by atoms with Crippen molar-refractivity contribution in [1.29, 1.82) is 0 Å². The van der Waals surface area contributed by atoms with Crippen LogP contribution in [-0.4, -0.2) is 41.2 Å². The van der Waals surface area contributed by atoms with E-state index >= 15 is 0 Å². The number of nitrogens with one attached hydrogen (secondary N) is 1. The first-order valence-corrected chi connectivity index (χ1v) is 8.92. The van der Waals surface area contributed by atoms with Crippen LogP contribution in [0.15, 0.2) is 29.1 Å². The minimum absolute atomic E-state index is 0.0554. The zero-order chi connectivity index (χ0) is 18.9. The van der Waals surface area contributed by atoms with Crippen molar-refractivity contribution in [2.24, 2.45) is 0 Å². The van der Waals surface area contributed by atoms with E-state index in [2.05, 4.69) is 4.98 Å². The first-order valence-electron chi connectivity index (χ1n) is 8.92. The number of benzene rings is 1. The Bertz CT molecular complexity index is 860. The number of hydrogen-bond donors (Lipinski definition) is 1. The summed E-state index contributed by atoms with van der Waals surface area (Å²) >= 11 is 0. The molecule has 6 nitrogen and oxygen atoms in total. The van der Waals surface area contributed by atoms with Gasteiger partial charge in [0.2, 0.25) is 0 Å². The van der Waals surface area contributed by atoms with Crippen LogP contribution in [-0.2, 0) is 16.1 Å². The smallest absolute Gasteiger partial charge is 0.253 e. The van der Waals surface area contributed by atoms with Crippen LogP contribution in [0.25, 0.3) is 10.9 Å². The molecule has 1 fully saturated rings. The number of amides is 1. The Kier molecular flexibility index (Phi) is 5.05. The van der Waals surface area contributed by atoms with Crippen molar-refractivity contribution in [3.63, 3.8) is 0 Å². The maximum Gasteiger partial charge on any atom is 0.253 e. The van der Waals surface area contributed by atoms with E-state index in [0.717, 1.165) is 29.5 Å². The summed E-state index contributed by atoms with van der Waals surface area (Å²) in [7, 11) is 1.61. The van der Waals surface area contributed by atoms with E-state index in [1.54, 1.807) is 18.1 Å². The highest BCUT2D eigenvalue weighted by Crippen LogP contribution is 2.24. The fourth-order valence-corrected chi connectivity index (χ4v) is 3.24. The van der Waals surface area contributed by atoms with Gasteiger partial charge in [-0.2, -0.15) is 0 Å². The molecule has 1 aliphatic heterocycles. The van der Waals surface area contributed by atoms with E-state index < -0.39 is 11.6 Å². The van der Waals surface area contributed by atoms with Gasteiger partial charge in [-0.15, -0.1) is 0 Å². The van der Waals surface area contributed by atoms with Crippen LogP contribution in [0.2, 0.25) is 0 Å². The molecule has 0 spiro atoms. The Morgan fingerprint density at radius 3 is 2.73 bits per heavy atom. The van der Waals surface area contributed by atoms with Gasteiger partial charge < -0.3 is 19.4 Å². The van der Waals surface area contributed by atoms with Crippen molar-refractivity contribution in [2.75, 3.05) is 13.7 Å². The van der Waals surface area contributed by atoms with Crippen molar-refractivity contribution in [1.82, 2.24) is 9.88 Å². The molecular formula is C20H26N2O4. The summed E-state index contributed by atoms with van der Waals surface area (Å²) in [5.41, 5.74) is 0.690. The number of ether oxygens (including phenoxy) is 2. The molecule has 0 bridgehead atoms. The third-order valence-electron chi connectivity index (χ3n) is 4.74. The highest BCUT2D eigenvalue weighted by atomic mass is 16.5. The maximum absolute atomic E-state index is 12.9. The number of methoxy groups -OCH3 is 1. The van der Waals surface area contributed by atoms with Crippen molar-refractivity contribution in [2.45, 2.75) is 51.8 Å². The molecule has 6 heteroatoms. The lowest BCUT2D eigenvalue weighted by Crippen LogP contribution is -2.49. The van der Waals surface area contributed by atoms with Gasteiger partial charge in [0.05, 0.1) is 13.7 Å². The van der Waals surface area contributed by atoms with Crippen molar-refractivity contribution >= 4 is 16.8 Å². The summed E-state index contributed by atoms with van der Waals surface area (Å²) in [6.45, 7) is 6.77. The largest absolute Gasteiger partial charge is 0.497 e. The van der Waals surface area contributed by atoms with Crippen LogP contribution in [0.3, 0.4) is 0 Å². The standard InChI is InChI=1S/C20H26N2O4/c1-20(2,3)22(19(24)17-6-5-9-26-17)12-14-10-13-11-15(25-4)7-8-16(13)21-18(14)23/h7-8,10-11,17H,5-6,9,12H2,1-4H3,(H,21,23). The van der Waals surface area contributed by atoms with Gasteiger partial charge in [0.1, 0.15) is 11.9 Å². The number of pyridine rings is 1. The zero-order valence-corrected chi connectivity index (χ0v) is 15.8. The lowest BCUT2D eigenvalue weighted by molar-refractivity contribution is -0.146. The third-order valence-corrected chi connectivity index (χ3v) is 4.74. The van der Waals surface area contributed by atoms with E-state index in [1.807, 2.05) is 39.0 Å². The number of nitrogens with zero attached hydrogens (tertiary/aromatic N) is 1. The van der Waals surface area contributed by atoms with Gasteiger partial charge in [-0.1, -0.05) is 0 Å². The topological polar surface area (TPSA) is 71.6 Å². The summed E-state index contributed by atoms with van der Waals surface area (Å²) in [4.78, 5) is 30.1. The maximum atomic E-state index is 12.9. The first kappa shape index (κ1) is 18.5. The number of rotatable bonds is 4. The van der Waals surface area contributed by atoms with Crippen molar-refractivity contribution in [3.8, 4) is 5.75 Å². The number of aromatic amines is 1. The molecule has 0 saturated carbocycles. The first-order chi connectivity index (χ1) is 12.3. The molecule has 1 amide bonds. The second kappa shape index (κ2) is 7.11. The Morgan fingerprint density at radius 1 is 1.35 bits per heavy atom. The van der Waals surface area contributed by atoms with Crippen LogP contribution >= 0.6 is 0 Å². The van der Waals surface area contributed by atoms with E-state index in [0.29, 0.717) is 12.2 Å². The van der Waals surface area contributed by atoms with Gasteiger partial charge in [-0.3, -0.25) is 9.59 Å². The summed E-state index contributed by atoms with van der Waals surface area (Å²) in [6.07, 6.45) is 1.22. The summed E-state index contributed by atoms with van der Waals surface area (Å²) in [5, 5.41) is 0.873. The normalized spacial score (nSPS) is 17.5. The Hall–Kier alpha value is -2.34. The number of aromatic nitrogens is 1. The van der Waals surface area contributed by atoms with Crippen molar-refractivity contribution in [3.05, 3.63) is 40.2 Å². The van der Waals surface area contributed by atoms with Crippen LogP contribution in [0.1, 0.15) is 39.2 Å². The van der Waals surface area contributed by atoms with Gasteiger partial charge in [0.25, 0.3) is 11.5 Å². The zero-order valence-electron chi connectivity index (χ0n) is 15.8. The lowest BCUT2D eigenvalue weighted by Gasteiger charge is -2.37. The van der Waals surface area contributed by atoms with Gasteiger partial charge in [0.15, 0.2) is 0 Å². The molecule has 1 unspecified atom stereocenters. The molecule has 2 aromatic rings. The van der Waals surface area contributed by atoms with Gasteiger partial charge in [-0.05, 0) is 57.9 Å². The summed E-state index contributed by atoms with van der Waals surface area (Å²) < 4.78 is 10.8. The molecular weight excluding hydrogens is 332 g/mol. The molecule has 1 atom stereocenters. The van der Waals surface area contributed by atoms with E-state index in [9.17, 15) is 9.59 Å². The minimum Gasteiger partial charge on any atom is -0.497 e. The molecule has 2 heterocycles. The van der Waals surface area contributed by atoms with Crippen molar-refractivity contribution < 1.29 is 14.3 Å². The van der Waals surface area contributed by atoms with Crippen LogP contribution in [0.5, 0.6) is 5.75 Å². The number of carbonyl (C=O) groups excluding carboxylic acids is 1. The highest BCUT2D eigenvalue weighted by molar-refractivity contribution is 5.83. The highest BCUT2D eigenvalue weighted by Gasteiger charge is 2.34. The molecule has 140 valence electrons. The summed E-state index contributed by atoms with van der Waals surface area (Å²) in [5.74, 6) is 0.666. The molecule has 26 heavy (non-hydrogen) atoms. The molecule has 1 N–H and O–H groups in total. The van der Waals surface area contributed by atoms with E-state index in [4.69, 9.17) is 9.47 Å². The van der Waals surface area contributed by atoms with Crippen LogP contribution in [0, 0.1) is 0 Å². The molecule has 1 saturated heterocycles. The Morgan fingerprint density at radius 2 is 2.12 bits per heavy atom. The molecule has 1 aromatic heterocycles. The Labute approximate surface area is 153 Å². The second-order valence-corrected chi connectivity index (χ2v) is 7.67. The number of hydrogen-bond acceptors (Lipinski definition) is 4. The predicted molar refractivity (Wildman–Crippen MR) is 100 cm³/mol. The van der Waals surface area contributed by atoms with Crippen LogP contribution in [0.4, 0.5) is 0 Å². The monoisotopic (exact) mass is 358 g/mol. The SMILES string of the molecule is COc1ccc2[nH]c(=O)c(CN(C(=O)C3CCCO3)C(C)(C)C)cc2c1. The third kappa shape index (κ3) is 3.75. The quantitative estimate of drug-likeness (QED) is 0.912. The van der Waals surface area contributed by atoms with E-state index in [1.165, 1.54) is 0 Å². The Balaban J connectivity index is 1.96. The van der Waals surface area contributed by atoms with Crippen LogP contribution < -0.4 is 10.3 Å². The number of H-pyrrole nitrogens is 1. The lowest BCUT2D eigenvalue weighted by atomic mass is 10.0. The summed E-state index contributed by atoms with van der Waals surface area (Å²) in [6, 6.07) is 7.33. The van der Waals surface area contributed by atoms with Gasteiger partial charge in [0, 0.05) is 28.6 Å². The average Bonchev–Trinajstić information content (AvgIpc) is 3.12. The van der Waals surface area contributed by atoms with E-state index in [-0.39, 0.29) is 18.0 Å². The number of carbonyl (C=O) groups is 1. The van der Waals surface area contributed by atoms with Gasteiger partial charge in [-0.25, -0.2) is 0 Å². The van der Waals surface area contributed by atoms with Gasteiger partial charge >= 0.3 is 0 Å². The molecule has 0 aliphatic carbocycles. The molecule has 1 aliphatic rings. The fraction of sp³-hybridized carbons (Fsp3) is 0.500. The molecule has 1 aromatic carbocycles. The average molecular weight is 358 g/mol. The molecule has 3 rings (SSSR count). The molecule has 0 radical (unpaired) electrons. The second-order valence-electron chi connectivity index (χ2n) is 7.67.